The average molecular weight is 415 g/mol. The van der Waals surface area contributed by atoms with Crippen LogP contribution in [0.4, 0.5) is 9.18 Å². The zero-order chi connectivity index (χ0) is 22.3. The maximum absolute atomic E-state index is 13.8. The molecule has 0 bridgehead atoms. The van der Waals surface area contributed by atoms with Crippen LogP contribution in [0.15, 0.2) is 48.5 Å². The summed E-state index contributed by atoms with van der Waals surface area (Å²) in [7, 11) is 0. The van der Waals surface area contributed by atoms with Crippen molar-refractivity contribution in [3.05, 3.63) is 71.0 Å². The molecule has 2 atom stereocenters. The first-order chi connectivity index (χ1) is 14.1. The number of halogens is 1. The zero-order valence-corrected chi connectivity index (χ0v) is 18.3. The molecule has 0 fully saturated rings. The molecule has 0 heterocycles. The average Bonchev–Trinajstić information content (AvgIpc) is 2.65. The van der Waals surface area contributed by atoms with Crippen LogP contribution in [0.25, 0.3) is 0 Å². The summed E-state index contributed by atoms with van der Waals surface area (Å²) in [6, 6.07) is 12.3. The van der Waals surface area contributed by atoms with Crippen molar-refractivity contribution >= 4 is 12.0 Å². The third-order valence-corrected chi connectivity index (χ3v) is 4.48. The van der Waals surface area contributed by atoms with E-state index in [2.05, 4.69) is 10.6 Å². The fourth-order valence-electron chi connectivity index (χ4n) is 3.08. The molecule has 2 rings (SSSR count). The number of benzene rings is 2. The van der Waals surface area contributed by atoms with Gasteiger partial charge in [0.2, 0.25) is 5.91 Å². The predicted molar refractivity (Wildman–Crippen MR) is 115 cm³/mol. The van der Waals surface area contributed by atoms with Crippen LogP contribution < -0.4 is 10.6 Å². The summed E-state index contributed by atoms with van der Waals surface area (Å²) in [6.07, 6.45) is 0.856. The van der Waals surface area contributed by atoms with Crippen LogP contribution in [-0.4, -0.2) is 17.6 Å². The molecule has 6 heteroatoms. The van der Waals surface area contributed by atoms with Gasteiger partial charge in [-0.05, 0) is 57.4 Å². The highest BCUT2D eigenvalue weighted by atomic mass is 19.1. The van der Waals surface area contributed by atoms with Gasteiger partial charge in [-0.15, -0.1) is 0 Å². The third kappa shape index (κ3) is 7.17. The monoisotopic (exact) mass is 414 g/mol. The standard InChI is InChI=1S/C24H31FN2O3/c1-6-8-20(17-13-11-16(2)12-14-17)26-22(28)21(18-9-7-10-19(25)15-18)27-23(29)30-24(3,4)5/h7,9-15,20-21H,6,8H2,1-5H3,(H,26,28)(H,27,29). The normalized spacial score (nSPS) is 13.3. The lowest BCUT2D eigenvalue weighted by Crippen LogP contribution is -2.43. The van der Waals surface area contributed by atoms with E-state index in [0.29, 0.717) is 5.56 Å². The van der Waals surface area contributed by atoms with Gasteiger partial charge in [-0.25, -0.2) is 9.18 Å². The highest BCUT2D eigenvalue weighted by molar-refractivity contribution is 5.87. The van der Waals surface area contributed by atoms with Crippen molar-refractivity contribution in [2.75, 3.05) is 0 Å². The van der Waals surface area contributed by atoms with Crippen LogP contribution in [0.1, 0.15) is 69.3 Å². The Morgan fingerprint density at radius 1 is 1.03 bits per heavy atom. The summed E-state index contributed by atoms with van der Waals surface area (Å²) < 4.78 is 19.1. The first-order valence-electron chi connectivity index (χ1n) is 10.2. The van der Waals surface area contributed by atoms with Crippen LogP contribution in [-0.2, 0) is 9.53 Å². The van der Waals surface area contributed by atoms with Crippen LogP contribution in [0.5, 0.6) is 0 Å². The molecule has 0 aliphatic carbocycles. The second kappa shape index (κ2) is 10.2. The van der Waals surface area contributed by atoms with E-state index in [1.165, 1.54) is 18.2 Å². The zero-order valence-electron chi connectivity index (χ0n) is 18.3. The van der Waals surface area contributed by atoms with Gasteiger partial charge in [0.15, 0.2) is 0 Å². The number of carbonyl (C=O) groups excluding carboxylic acids is 2. The number of carbonyl (C=O) groups is 2. The SMILES string of the molecule is CCCC(NC(=O)C(NC(=O)OC(C)(C)C)c1cccc(F)c1)c1ccc(C)cc1. The maximum atomic E-state index is 13.8. The molecule has 0 aliphatic rings. The van der Waals surface area contributed by atoms with E-state index >= 15 is 0 Å². The number of alkyl carbamates (subject to hydrolysis) is 1. The van der Waals surface area contributed by atoms with Gasteiger partial charge in [0.1, 0.15) is 17.5 Å². The minimum absolute atomic E-state index is 0.223. The van der Waals surface area contributed by atoms with Gasteiger partial charge in [-0.3, -0.25) is 4.79 Å². The molecule has 0 aromatic heterocycles. The van der Waals surface area contributed by atoms with E-state index in [9.17, 15) is 14.0 Å². The van der Waals surface area contributed by atoms with E-state index in [0.717, 1.165) is 24.0 Å². The van der Waals surface area contributed by atoms with Crippen LogP contribution in [0, 0.1) is 12.7 Å². The molecule has 30 heavy (non-hydrogen) atoms. The predicted octanol–water partition coefficient (Wildman–Crippen LogP) is 5.36. The Labute approximate surface area is 178 Å². The van der Waals surface area contributed by atoms with E-state index in [-0.39, 0.29) is 6.04 Å². The highest BCUT2D eigenvalue weighted by Crippen LogP contribution is 2.22. The smallest absolute Gasteiger partial charge is 0.408 e. The molecule has 5 nitrogen and oxygen atoms in total. The molecule has 2 N–H and O–H groups in total. The van der Waals surface area contributed by atoms with Gasteiger partial charge in [-0.1, -0.05) is 55.3 Å². The summed E-state index contributed by atoms with van der Waals surface area (Å²) in [5, 5.41) is 5.59. The molecular formula is C24H31FN2O3. The maximum Gasteiger partial charge on any atom is 0.408 e. The fraction of sp³-hybridized carbons (Fsp3) is 0.417. The second-order valence-electron chi connectivity index (χ2n) is 8.39. The second-order valence-corrected chi connectivity index (χ2v) is 8.39. The number of aryl methyl sites for hydroxylation is 1. The van der Waals surface area contributed by atoms with Crippen molar-refractivity contribution in [2.24, 2.45) is 0 Å². The molecule has 2 aromatic carbocycles. The number of hydrogen-bond donors (Lipinski definition) is 2. The lowest BCUT2D eigenvalue weighted by atomic mass is 9.99. The van der Waals surface area contributed by atoms with E-state index < -0.39 is 29.5 Å². The molecule has 0 radical (unpaired) electrons. The van der Waals surface area contributed by atoms with Crippen molar-refractivity contribution in [3.63, 3.8) is 0 Å². The Morgan fingerprint density at radius 2 is 1.70 bits per heavy atom. The first-order valence-corrected chi connectivity index (χ1v) is 10.2. The van der Waals surface area contributed by atoms with Gasteiger partial charge in [0.25, 0.3) is 0 Å². The molecule has 2 aromatic rings. The summed E-state index contributed by atoms with van der Waals surface area (Å²) in [6.45, 7) is 9.24. The van der Waals surface area contributed by atoms with Crippen LogP contribution in [0.2, 0.25) is 0 Å². The van der Waals surface area contributed by atoms with Gasteiger partial charge in [0.05, 0.1) is 6.04 Å². The van der Waals surface area contributed by atoms with Crippen molar-refractivity contribution in [1.82, 2.24) is 10.6 Å². The third-order valence-electron chi connectivity index (χ3n) is 4.48. The number of ether oxygens (including phenoxy) is 1. The van der Waals surface area contributed by atoms with Crippen molar-refractivity contribution in [2.45, 2.75) is 65.1 Å². The molecule has 0 saturated carbocycles. The summed E-state index contributed by atoms with van der Waals surface area (Å²) >= 11 is 0. The Balaban J connectivity index is 2.27. The number of rotatable bonds is 7. The number of nitrogens with one attached hydrogen (secondary N) is 2. The largest absolute Gasteiger partial charge is 0.444 e. The lowest BCUT2D eigenvalue weighted by Gasteiger charge is -2.26. The first kappa shape index (κ1) is 23.4. The lowest BCUT2D eigenvalue weighted by molar-refractivity contribution is -0.124. The van der Waals surface area contributed by atoms with Crippen LogP contribution in [0.3, 0.4) is 0 Å². The highest BCUT2D eigenvalue weighted by Gasteiger charge is 2.28. The molecule has 0 saturated heterocycles. The minimum atomic E-state index is -1.08. The Bertz CT molecular complexity index is 859. The van der Waals surface area contributed by atoms with Crippen molar-refractivity contribution in [1.29, 1.82) is 0 Å². The Morgan fingerprint density at radius 3 is 2.27 bits per heavy atom. The summed E-state index contributed by atoms with van der Waals surface area (Å²) in [4.78, 5) is 25.5. The summed E-state index contributed by atoms with van der Waals surface area (Å²) in [5.41, 5.74) is 1.73. The Kier molecular flexibility index (Phi) is 7.98. The molecule has 2 amide bonds. The molecular weight excluding hydrogens is 383 g/mol. The van der Waals surface area contributed by atoms with Gasteiger partial charge >= 0.3 is 6.09 Å². The van der Waals surface area contributed by atoms with E-state index in [1.54, 1.807) is 26.8 Å². The summed E-state index contributed by atoms with van der Waals surface area (Å²) in [5.74, 6) is -0.912. The van der Waals surface area contributed by atoms with E-state index in [4.69, 9.17) is 4.74 Å². The van der Waals surface area contributed by atoms with Gasteiger partial charge in [-0.2, -0.15) is 0 Å². The van der Waals surface area contributed by atoms with Crippen LogP contribution >= 0.6 is 0 Å². The Hall–Kier alpha value is -2.89. The molecule has 0 aliphatic heterocycles. The fourth-order valence-corrected chi connectivity index (χ4v) is 3.08. The number of amides is 2. The van der Waals surface area contributed by atoms with Crippen molar-refractivity contribution < 1.29 is 18.7 Å². The van der Waals surface area contributed by atoms with Crippen molar-refractivity contribution in [3.8, 4) is 0 Å². The quantitative estimate of drug-likeness (QED) is 0.641. The number of hydrogen-bond acceptors (Lipinski definition) is 3. The van der Waals surface area contributed by atoms with Gasteiger partial charge in [0, 0.05) is 0 Å². The minimum Gasteiger partial charge on any atom is -0.444 e. The van der Waals surface area contributed by atoms with Gasteiger partial charge < -0.3 is 15.4 Å². The van der Waals surface area contributed by atoms with E-state index in [1.807, 2.05) is 38.1 Å². The molecule has 162 valence electrons. The molecule has 0 spiro atoms. The topological polar surface area (TPSA) is 67.4 Å². The molecule has 2 unspecified atom stereocenters.